The Bertz CT molecular complexity index is 325. The van der Waals surface area contributed by atoms with Crippen LogP contribution in [0.3, 0.4) is 0 Å². The van der Waals surface area contributed by atoms with E-state index in [0.717, 1.165) is 0 Å². The van der Waals surface area contributed by atoms with Crippen LogP contribution in [0.1, 0.15) is 34.1 Å². The van der Waals surface area contributed by atoms with Crippen molar-refractivity contribution >= 4 is 12.0 Å². The number of rotatable bonds is 2. The maximum absolute atomic E-state index is 11.9. The Hall–Kier alpha value is -1.30. The summed E-state index contributed by atoms with van der Waals surface area (Å²) in [5.74, 6) is -0.152. The van der Waals surface area contributed by atoms with E-state index in [-0.39, 0.29) is 18.5 Å². The minimum atomic E-state index is -0.566. The summed E-state index contributed by atoms with van der Waals surface area (Å²) in [6.07, 6.45) is -0.551. The second-order valence-corrected chi connectivity index (χ2v) is 5.61. The van der Waals surface area contributed by atoms with Crippen LogP contribution in [0.5, 0.6) is 0 Å². The van der Waals surface area contributed by atoms with E-state index in [4.69, 9.17) is 4.74 Å². The smallest absolute Gasteiger partial charge is 0.410 e. The molecule has 0 aromatic heterocycles. The van der Waals surface area contributed by atoms with Gasteiger partial charge in [-0.15, -0.1) is 0 Å². The van der Waals surface area contributed by atoms with Crippen LogP contribution < -0.4 is 5.32 Å². The molecule has 18 heavy (non-hydrogen) atoms. The summed E-state index contributed by atoms with van der Waals surface area (Å²) in [5, 5.41) is 12.3. The molecule has 0 aliphatic carbocycles. The predicted octanol–water partition coefficient (Wildman–Crippen LogP) is 0.493. The maximum atomic E-state index is 11.9. The molecule has 0 radical (unpaired) electrons. The van der Waals surface area contributed by atoms with Crippen LogP contribution in [-0.2, 0) is 9.53 Å². The third-order valence-corrected chi connectivity index (χ3v) is 2.61. The summed E-state index contributed by atoms with van der Waals surface area (Å²) in [5.41, 5.74) is -0.566. The van der Waals surface area contributed by atoms with Gasteiger partial charge in [0.25, 0.3) is 0 Å². The van der Waals surface area contributed by atoms with E-state index in [0.29, 0.717) is 13.0 Å². The third kappa shape index (κ3) is 4.52. The standard InChI is InChI=1S/C12H22N2O4/c1-8(15)13-6-9-5-10(16)7-14(9)11(17)18-12(2,3)4/h9-10,16H,5-7H2,1-4H3,(H,13,15)/t9?,10-/m1/s1. The molecule has 1 fully saturated rings. The number of aliphatic hydroxyl groups excluding tert-OH is 1. The van der Waals surface area contributed by atoms with Gasteiger partial charge in [-0.3, -0.25) is 4.79 Å². The lowest BCUT2D eigenvalue weighted by molar-refractivity contribution is -0.119. The van der Waals surface area contributed by atoms with Crippen LogP contribution in [-0.4, -0.2) is 52.8 Å². The first-order valence-corrected chi connectivity index (χ1v) is 6.11. The van der Waals surface area contributed by atoms with Gasteiger partial charge in [-0.25, -0.2) is 4.79 Å². The Morgan fingerprint density at radius 1 is 1.44 bits per heavy atom. The molecule has 1 aliphatic heterocycles. The zero-order chi connectivity index (χ0) is 13.9. The number of likely N-dealkylation sites (tertiary alicyclic amines) is 1. The molecule has 104 valence electrons. The first kappa shape index (κ1) is 14.8. The number of ether oxygens (including phenoxy) is 1. The van der Waals surface area contributed by atoms with Gasteiger partial charge in [0.05, 0.1) is 18.7 Å². The fraction of sp³-hybridized carbons (Fsp3) is 0.833. The quantitative estimate of drug-likeness (QED) is 0.755. The van der Waals surface area contributed by atoms with Gasteiger partial charge in [-0.05, 0) is 27.2 Å². The molecule has 1 aliphatic rings. The summed E-state index contributed by atoms with van der Waals surface area (Å²) >= 11 is 0. The minimum Gasteiger partial charge on any atom is -0.444 e. The van der Waals surface area contributed by atoms with Gasteiger partial charge in [0, 0.05) is 13.5 Å². The van der Waals surface area contributed by atoms with Gasteiger partial charge in [0.15, 0.2) is 0 Å². The number of nitrogens with zero attached hydrogens (tertiary/aromatic N) is 1. The summed E-state index contributed by atoms with van der Waals surface area (Å²) < 4.78 is 5.27. The van der Waals surface area contributed by atoms with Gasteiger partial charge in [0.2, 0.25) is 5.91 Å². The van der Waals surface area contributed by atoms with Crippen LogP contribution in [0.15, 0.2) is 0 Å². The largest absolute Gasteiger partial charge is 0.444 e. The average Bonchev–Trinajstić information content (AvgIpc) is 2.54. The Kier molecular flexibility index (Phi) is 4.56. The molecule has 0 aromatic carbocycles. The molecular weight excluding hydrogens is 236 g/mol. The Morgan fingerprint density at radius 3 is 2.56 bits per heavy atom. The molecule has 1 heterocycles. The fourth-order valence-corrected chi connectivity index (χ4v) is 1.89. The fourth-order valence-electron chi connectivity index (χ4n) is 1.89. The second kappa shape index (κ2) is 5.56. The van der Waals surface area contributed by atoms with E-state index in [2.05, 4.69) is 5.32 Å². The third-order valence-electron chi connectivity index (χ3n) is 2.61. The summed E-state index contributed by atoms with van der Waals surface area (Å²) in [6.45, 7) is 7.38. The van der Waals surface area contributed by atoms with Crippen molar-refractivity contribution in [2.45, 2.75) is 51.9 Å². The molecule has 0 aromatic rings. The van der Waals surface area contributed by atoms with Crippen molar-refractivity contribution in [3.63, 3.8) is 0 Å². The van der Waals surface area contributed by atoms with E-state index >= 15 is 0 Å². The molecule has 2 N–H and O–H groups in total. The van der Waals surface area contributed by atoms with Crippen molar-refractivity contribution in [2.75, 3.05) is 13.1 Å². The number of carbonyl (C=O) groups excluding carboxylic acids is 2. The number of nitrogens with one attached hydrogen (secondary N) is 1. The van der Waals surface area contributed by atoms with Crippen LogP contribution in [0.25, 0.3) is 0 Å². The number of amides is 2. The Balaban J connectivity index is 2.60. The van der Waals surface area contributed by atoms with Crippen molar-refractivity contribution in [1.82, 2.24) is 10.2 Å². The number of β-amino-alcohol motifs (C(OH)–C–C–N with tert-alkyl or cyclic N) is 1. The molecule has 0 spiro atoms. The van der Waals surface area contributed by atoms with Gasteiger partial charge in [-0.2, -0.15) is 0 Å². The SMILES string of the molecule is CC(=O)NCC1C[C@@H](O)CN1C(=O)OC(C)(C)C. The van der Waals surface area contributed by atoms with Crippen LogP contribution in [0.2, 0.25) is 0 Å². The Labute approximate surface area is 107 Å². The number of aliphatic hydroxyl groups is 1. The molecule has 2 atom stereocenters. The summed E-state index contributed by atoms with van der Waals surface area (Å²) in [6, 6.07) is -0.209. The van der Waals surface area contributed by atoms with Gasteiger partial charge < -0.3 is 20.1 Å². The average molecular weight is 258 g/mol. The lowest BCUT2D eigenvalue weighted by Crippen LogP contribution is -2.44. The number of hydrogen-bond acceptors (Lipinski definition) is 4. The predicted molar refractivity (Wildman–Crippen MR) is 66.0 cm³/mol. The highest BCUT2D eigenvalue weighted by Gasteiger charge is 2.36. The van der Waals surface area contributed by atoms with Crippen LogP contribution >= 0.6 is 0 Å². The molecule has 6 heteroatoms. The first-order chi connectivity index (χ1) is 8.19. The minimum absolute atomic E-state index is 0.152. The molecular formula is C12H22N2O4. The van der Waals surface area contributed by atoms with E-state index in [1.807, 2.05) is 0 Å². The van der Waals surface area contributed by atoms with E-state index in [9.17, 15) is 14.7 Å². The highest BCUT2D eigenvalue weighted by molar-refractivity contribution is 5.73. The summed E-state index contributed by atoms with van der Waals surface area (Å²) in [7, 11) is 0. The van der Waals surface area contributed by atoms with E-state index < -0.39 is 17.8 Å². The van der Waals surface area contributed by atoms with E-state index in [1.165, 1.54) is 11.8 Å². The zero-order valence-electron chi connectivity index (χ0n) is 11.4. The van der Waals surface area contributed by atoms with Gasteiger partial charge in [-0.1, -0.05) is 0 Å². The van der Waals surface area contributed by atoms with Crippen molar-refractivity contribution in [3.8, 4) is 0 Å². The van der Waals surface area contributed by atoms with Crippen molar-refractivity contribution in [3.05, 3.63) is 0 Å². The maximum Gasteiger partial charge on any atom is 0.410 e. The molecule has 1 rings (SSSR count). The van der Waals surface area contributed by atoms with Crippen molar-refractivity contribution in [1.29, 1.82) is 0 Å². The molecule has 0 bridgehead atoms. The summed E-state index contributed by atoms with van der Waals surface area (Å²) in [4.78, 5) is 24.3. The number of hydrogen-bond donors (Lipinski definition) is 2. The first-order valence-electron chi connectivity index (χ1n) is 6.11. The molecule has 1 saturated heterocycles. The monoisotopic (exact) mass is 258 g/mol. The zero-order valence-corrected chi connectivity index (χ0v) is 11.4. The highest BCUT2D eigenvalue weighted by Crippen LogP contribution is 2.20. The lowest BCUT2D eigenvalue weighted by atomic mass is 10.2. The normalized spacial score (nSPS) is 23.9. The molecule has 1 unspecified atom stereocenters. The highest BCUT2D eigenvalue weighted by atomic mass is 16.6. The van der Waals surface area contributed by atoms with Crippen LogP contribution in [0, 0.1) is 0 Å². The van der Waals surface area contributed by atoms with Gasteiger partial charge >= 0.3 is 6.09 Å². The lowest BCUT2D eigenvalue weighted by Gasteiger charge is -2.28. The van der Waals surface area contributed by atoms with Crippen LogP contribution in [0.4, 0.5) is 4.79 Å². The van der Waals surface area contributed by atoms with Crippen molar-refractivity contribution < 1.29 is 19.4 Å². The molecule has 0 saturated carbocycles. The molecule has 2 amide bonds. The van der Waals surface area contributed by atoms with E-state index in [1.54, 1.807) is 20.8 Å². The molecule has 6 nitrogen and oxygen atoms in total. The topological polar surface area (TPSA) is 78.9 Å². The second-order valence-electron chi connectivity index (χ2n) is 5.61. The van der Waals surface area contributed by atoms with Crippen molar-refractivity contribution in [2.24, 2.45) is 0 Å². The van der Waals surface area contributed by atoms with Gasteiger partial charge in [0.1, 0.15) is 5.60 Å². The number of carbonyl (C=O) groups is 2. The Morgan fingerprint density at radius 2 is 2.06 bits per heavy atom.